The second-order valence-corrected chi connectivity index (χ2v) is 4.43. The summed E-state index contributed by atoms with van der Waals surface area (Å²) in [5.41, 5.74) is 0.562. The van der Waals surface area contributed by atoms with Gasteiger partial charge in [0, 0.05) is 6.04 Å². The van der Waals surface area contributed by atoms with Crippen molar-refractivity contribution in [3.63, 3.8) is 0 Å². The number of nitrogens with zero attached hydrogens (tertiary/aromatic N) is 2. The monoisotopic (exact) mass is 322 g/mol. The van der Waals surface area contributed by atoms with Crippen LogP contribution in [0.4, 0.5) is 0 Å². The van der Waals surface area contributed by atoms with Crippen LogP contribution in [0.15, 0.2) is 6.20 Å². The maximum Gasteiger partial charge on any atom is 0.357 e. The van der Waals surface area contributed by atoms with E-state index < -0.39 is 0 Å². The van der Waals surface area contributed by atoms with E-state index in [0.717, 1.165) is 9.99 Å². The number of hydrogen-bond donors (Lipinski definition) is 0. The van der Waals surface area contributed by atoms with Gasteiger partial charge in [0.2, 0.25) is 0 Å². The van der Waals surface area contributed by atoms with Crippen molar-refractivity contribution in [2.24, 2.45) is 0 Å². The first kappa shape index (κ1) is 12.5. The van der Waals surface area contributed by atoms with Gasteiger partial charge in [0.1, 0.15) is 0 Å². The molecule has 0 fully saturated rings. The van der Waals surface area contributed by atoms with Crippen LogP contribution in [-0.4, -0.2) is 22.4 Å². The normalized spacial score (nSPS) is 12.5. The van der Waals surface area contributed by atoms with Crippen LogP contribution in [0.5, 0.6) is 0 Å². The standard InChI is InChI=1S/C10H15IN2O2/c1-4-7(3)13-9(8(11)6-12-13)10(14)15-5-2/h6-7H,4-5H2,1-3H3/t7-/m0/s1. The summed E-state index contributed by atoms with van der Waals surface area (Å²) in [6.45, 7) is 6.29. The average Bonchev–Trinajstić information content (AvgIpc) is 2.59. The van der Waals surface area contributed by atoms with Gasteiger partial charge < -0.3 is 4.74 Å². The highest BCUT2D eigenvalue weighted by atomic mass is 127. The Balaban J connectivity index is 3.03. The fraction of sp³-hybridized carbons (Fsp3) is 0.600. The first-order chi connectivity index (χ1) is 7.11. The summed E-state index contributed by atoms with van der Waals surface area (Å²) < 4.78 is 7.57. The topological polar surface area (TPSA) is 44.1 Å². The Kier molecular flexibility index (Phi) is 4.56. The van der Waals surface area contributed by atoms with Crippen LogP contribution in [0, 0.1) is 3.57 Å². The molecule has 1 heterocycles. The van der Waals surface area contributed by atoms with Gasteiger partial charge in [0.15, 0.2) is 5.69 Å². The molecule has 15 heavy (non-hydrogen) atoms. The summed E-state index contributed by atoms with van der Waals surface area (Å²) >= 11 is 2.10. The molecule has 0 saturated heterocycles. The molecule has 84 valence electrons. The molecule has 0 aliphatic heterocycles. The molecule has 0 saturated carbocycles. The molecule has 1 rings (SSSR count). The van der Waals surface area contributed by atoms with Crippen LogP contribution in [0.3, 0.4) is 0 Å². The van der Waals surface area contributed by atoms with E-state index in [1.165, 1.54) is 0 Å². The van der Waals surface area contributed by atoms with Crippen molar-refractivity contribution in [2.75, 3.05) is 6.61 Å². The fourth-order valence-electron chi connectivity index (χ4n) is 1.24. The lowest BCUT2D eigenvalue weighted by molar-refractivity contribution is 0.0507. The Bertz CT molecular complexity index is 349. The number of rotatable bonds is 4. The summed E-state index contributed by atoms with van der Waals surface area (Å²) in [6, 6.07) is 0.216. The third-order valence-corrected chi connectivity index (χ3v) is 3.02. The molecule has 1 atom stereocenters. The van der Waals surface area contributed by atoms with Crippen molar-refractivity contribution in [3.05, 3.63) is 15.5 Å². The largest absolute Gasteiger partial charge is 0.461 e. The predicted molar refractivity (Wildman–Crippen MR) is 65.9 cm³/mol. The van der Waals surface area contributed by atoms with E-state index >= 15 is 0 Å². The van der Waals surface area contributed by atoms with Gasteiger partial charge in [-0.2, -0.15) is 5.10 Å². The molecule has 1 aromatic rings. The lowest BCUT2D eigenvalue weighted by Gasteiger charge is -2.12. The molecule has 0 aliphatic carbocycles. The molecule has 4 nitrogen and oxygen atoms in total. The molecule has 0 aliphatic rings. The van der Waals surface area contributed by atoms with Crippen molar-refractivity contribution in [1.82, 2.24) is 9.78 Å². The smallest absolute Gasteiger partial charge is 0.357 e. The van der Waals surface area contributed by atoms with Crippen molar-refractivity contribution in [1.29, 1.82) is 0 Å². The van der Waals surface area contributed by atoms with Crippen LogP contribution in [0.1, 0.15) is 43.7 Å². The van der Waals surface area contributed by atoms with Gasteiger partial charge in [-0.3, -0.25) is 4.68 Å². The van der Waals surface area contributed by atoms with E-state index in [2.05, 4.69) is 34.6 Å². The predicted octanol–water partition coefficient (Wildman–Crippen LogP) is 2.64. The number of esters is 1. The Morgan fingerprint density at radius 3 is 2.87 bits per heavy atom. The Hall–Kier alpha value is -0.590. The highest BCUT2D eigenvalue weighted by Crippen LogP contribution is 2.18. The Labute approximate surface area is 103 Å². The molecule has 0 unspecified atom stereocenters. The zero-order valence-electron chi connectivity index (χ0n) is 9.16. The third kappa shape index (κ3) is 2.70. The van der Waals surface area contributed by atoms with E-state index in [0.29, 0.717) is 12.3 Å². The lowest BCUT2D eigenvalue weighted by Crippen LogP contribution is -2.17. The van der Waals surface area contributed by atoms with Crippen LogP contribution in [0.2, 0.25) is 0 Å². The molecule has 0 aromatic carbocycles. The van der Waals surface area contributed by atoms with Crippen LogP contribution >= 0.6 is 22.6 Å². The van der Waals surface area contributed by atoms with Gasteiger partial charge in [-0.25, -0.2) is 4.79 Å². The van der Waals surface area contributed by atoms with Gasteiger partial charge in [0.05, 0.1) is 16.4 Å². The van der Waals surface area contributed by atoms with Gasteiger partial charge in [-0.1, -0.05) is 6.92 Å². The van der Waals surface area contributed by atoms with Crippen molar-refractivity contribution < 1.29 is 9.53 Å². The Morgan fingerprint density at radius 1 is 1.67 bits per heavy atom. The minimum Gasteiger partial charge on any atom is -0.461 e. The van der Waals surface area contributed by atoms with Crippen LogP contribution in [-0.2, 0) is 4.74 Å². The molecular formula is C10H15IN2O2. The van der Waals surface area contributed by atoms with E-state index in [-0.39, 0.29) is 12.0 Å². The highest BCUT2D eigenvalue weighted by Gasteiger charge is 2.20. The first-order valence-corrected chi connectivity index (χ1v) is 6.09. The molecule has 0 bridgehead atoms. The average molecular weight is 322 g/mol. The quantitative estimate of drug-likeness (QED) is 0.632. The summed E-state index contributed by atoms with van der Waals surface area (Å²) in [6.07, 6.45) is 2.63. The zero-order chi connectivity index (χ0) is 11.4. The number of ether oxygens (including phenoxy) is 1. The van der Waals surface area contributed by atoms with Gasteiger partial charge in [-0.05, 0) is 42.9 Å². The SMILES string of the molecule is CCOC(=O)c1c(I)cnn1[C@@H](C)CC. The first-order valence-electron chi connectivity index (χ1n) is 5.01. The minimum absolute atomic E-state index is 0.216. The highest BCUT2D eigenvalue weighted by molar-refractivity contribution is 14.1. The maximum atomic E-state index is 11.7. The van der Waals surface area contributed by atoms with Crippen molar-refractivity contribution in [3.8, 4) is 0 Å². The number of halogens is 1. The van der Waals surface area contributed by atoms with E-state index in [1.54, 1.807) is 17.8 Å². The number of hydrogen-bond acceptors (Lipinski definition) is 3. The van der Waals surface area contributed by atoms with E-state index in [4.69, 9.17) is 4.74 Å². The molecule has 0 spiro atoms. The number of aromatic nitrogens is 2. The van der Waals surface area contributed by atoms with Crippen molar-refractivity contribution in [2.45, 2.75) is 33.2 Å². The summed E-state index contributed by atoms with van der Waals surface area (Å²) in [7, 11) is 0. The van der Waals surface area contributed by atoms with E-state index in [9.17, 15) is 4.79 Å². The minimum atomic E-state index is -0.292. The van der Waals surface area contributed by atoms with Crippen LogP contribution in [0.25, 0.3) is 0 Å². The summed E-state index contributed by atoms with van der Waals surface area (Å²) in [5, 5.41) is 4.20. The summed E-state index contributed by atoms with van der Waals surface area (Å²) in [4.78, 5) is 11.7. The molecule has 0 radical (unpaired) electrons. The lowest BCUT2D eigenvalue weighted by atomic mass is 10.2. The third-order valence-electron chi connectivity index (χ3n) is 2.23. The number of carbonyl (C=O) groups is 1. The van der Waals surface area contributed by atoms with E-state index in [1.807, 2.05) is 6.92 Å². The van der Waals surface area contributed by atoms with Gasteiger partial charge in [0.25, 0.3) is 0 Å². The zero-order valence-corrected chi connectivity index (χ0v) is 11.3. The van der Waals surface area contributed by atoms with Crippen molar-refractivity contribution >= 4 is 28.6 Å². The maximum absolute atomic E-state index is 11.7. The molecule has 5 heteroatoms. The fourth-order valence-corrected chi connectivity index (χ4v) is 1.83. The molecular weight excluding hydrogens is 307 g/mol. The molecule has 0 amide bonds. The molecule has 0 N–H and O–H groups in total. The Morgan fingerprint density at radius 2 is 2.33 bits per heavy atom. The second-order valence-electron chi connectivity index (χ2n) is 3.26. The summed E-state index contributed by atoms with van der Waals surface area (Å²) in [5.74, 6) is -0.292. The van der Waals surface area contributed by atoms with Gasteiger partial charge in [-0.15, -0.1) is 0 Å². The number of carbonyl (C=O) groups excluding carboxylic acids is 1. The second kappa shape index (κ2) is 5.48. The molecule has 1 aromatic heterocycles. The van der Waals surface area contributed by atoms with Gasteiger partial charge >= 0.3 is 5.97 Å². The van der Waals surface area contributed by atoms with Crippen LogP contribution < -0.4 is 0 Å².